The minimum absolute atomic E-state index is 0.0139. The van der Waals surface area contributed by atoms with E-state index in [0.717, 1.165) is 27.5 Å². The monoisotopic (exact) mass is 594 g/mol. The number of carbonyl (C=O) groups excluding carboxylic acids is 2. The molecular weight excluding hydrogens is 576 g/mol. The normalized spacial score (nSPS) is 14.8. The van der Waals surface area contributed by atoms with Crippen molar-refractivity contribution in [2.75, 3.05) is 32.1 Å². The van der Waals surface area contributed by atoms with Crippen molar-refractivity contribution in [2.24, 2.45) is 0 Å². The molecular formula is C19H20Br2N2O6S2. The Morgan fingerprint density at radius 3 is 2.48 bits per heavy atom. The summed E-state index contributed by atoms with van der Waals surface area (Å²) >= 11 is 7.76. The second-order valence-corrected chi connectivity index (χ2v) is 11.8. The van der Waals surface area contributed by atoms with Gasteiger partial charge in [-0.2, -0.15) is 4.31 Å². The molecule has 0 unspecified atom stereocenters. The number of nitrogens with zero attached hydrogens (tertiary/aromatic N) is 1. The van der Waals surface area contributed by atoms with E-state index in [1.54, 1.807) is 6.07 Å². The highest BCUT2D eigenvalue weighted by molar-refractivity contribution is 9.13. The zero-order valence-electron chi connectivity index (χ0n) is 16.5. The molecule has 2 heterocycles. The number of benzene rings is 1. The van der Waals surface area contributed by atoms with E-state index >= 15 is 0 Å². The van der Waals surface area contributed by atoms with E-state index in [1.165, 1.54) is 41.0 Å². The quantitative estimate of drug-likeness (QED) is 0.480. The van der Waals surface area contributed by atoms with Crippen molar-refractivity contribution in [3.05, 3.63) is 37.4 Å². The highest BCUT2D eigenvalue weighted by Crippen LogP contribution is 2.33. The number of hydrogen-bond acceptors (Lipinski definition) is 7. The largest absolute Gasteiger partial charge is 0.495 e. The lowest BCUT2D eigenvalue weighted by atomic mass is 10.2. The second kappa shape index (κ2) is 10.4. The van der Waals surface area contributed by atoms with Crippen LogP contribution in [0.3, 0.4) is 0 Å². The lowest BCUT2D eigenvalue weighted by Crippen LogP contribution is -2.35. The molecule has 1 amide bonds. The first-order valence-electron chi connectivity index (χ1n) is 9.32. The Morgan fingerprint density at radius 2 is 1.87 bits per heavy atom. The van der Waals surface area contributed by atoms with E-state index in [0.29, 0.717) is 18.0 Å². The molecule has 1 aliphatic rings. The zero-order valence-corrected chi connectivity index (χ0v) is 21.3. The van der Waals surface area contributed by atoms with Gasteiger partial charge in [0.25, 0.3) is 5.91 Å². The molecule has 1 N–H and O–H groups in total. The molecule has 2 aromatic rings. The number of amides is 1. The first-order valence-corrected chi connectivity index (χ1v) is 13.2. The number of esters is 1. The standard InChI is InChI=1S/C19H20Br2N2O6S2/c1-28-14-6-5-12(9-16(14)31(26,27)23-7-3-2-4-8-23)22-17(24)11-29-19(25)15-10-13(20)18(21)30-15/h5-6,9-10H,2-4,7-8,11H2,1H3,(H,22,24). The van der Waals surface area contributed by atoms with Gasteiger partial charge in [0.1, 0.15) is 15.5 Å². The fraction of sp³-hybridized carbons (Fsp3) is 0.368. The van der Waals surface area contributed by atoms with Crippen LogP contribution in [-0.4, -0.2) is 51.4 Å². The highest BCUT2D eigenvalue weighted by Gasteiger charge is 2.29. The Kier molecular flexibility index (Phi) is 8.14. The molecule has 0 aliphatic carbocycles. The predicted molar refractivity (Wildman–Crippen MR) is 124 cm³/mol. The van der Waals surface area contributed by atoms with Crippen LogP contribution < -0.4 is 10.1 Å². The Labute approximate surface area is 201 Å². The number of methoxy groups -OCH3 is 1. The number of halogens is 2. The molecule has 1 saturated heterocycles. The van der Waals surface area contributed by atoms with Gasteiger partial charge in [-0.1, -0.05) is 6.42 Å². The van der Waals surface area contributed by atoms with Crippen LogP contribution in [0.25, 0.3) is 0 Å². The smallest absolute Gasteiger partial charge is 0.348 e. The second-order valence-electron chi connectivity index (χ2n) is 6.69. The molecule has 1 aromatic heterocycles. The van der Waals surface area contributed by atoms with Gasteiger partial charge in [-0.15, -0.1) is 11.3 Å². The van der Waals surface area contributed by atoms with E-state index in [2.05, 4.69) is 37.2 Å². The van der Waals surface area contributed by atoms with Gasteiger partial charge in [-0.3, -0.25) is 4.79 Å². The lowest BCUT2D eigenvalue weighted by Gasteiger charge is -2.26. The average Bonchev–Trinajstić information content (AvgIpc) is 3.11. The molecule has 31 heavy (non-hydrogen) atoms. The Hall–Kier alpha value is -1.47. The topological polar surface area (TPSA) is 102 Å². The Balaban J connectivity index is 1.69. The van der Waals surface area contributed by atoms with Crippen molar-refractivity contribution in [3.8, 4) is 5.75 Å². The third kappa shape index (κ3) is 5.86. The summed E-state index contributed by atoms with van der Waals surface area (Å²) < 4.78 is 39.3. The number of rotatable bonds is 7. The van der Waals surface area contributed by atoms with E-state index in [9.17, 15) is 18.0 Å². The minimum atomic E-state index is -3.76. The van der Waals surface area contributed by atoms with Gasteiger partial charge >= 0.3 is 5.97 Å². The Bertz CT molecular complexity index is 1060. The first kappa shape index (κ1) is 24.2. The number of thiophene rings is 1. The van der Waals surface area contributed by atoms with Crippen molar-refractivity contribution < 1.29 is 27.5 Å². The maximum atomic E-state index is 13.1. The molecule has 3 rings (SSSR count). The number of sulfonamides is 1. The van der Waals surface area contributed by atoms with Crippen molar-refractivity contribution >= 4 is 70.8 Å². The van der Waals surface area contributed by atoms with Gasteiger partial charge in [0.05, 0.1) is 10.9 Å². The summed E-state index contributed by atoms with van der Waals surface area (Å²) in [6, 6.07) is 5.96. The number of nitrogens with one attached hydrogen (secondary N) is 1. The summed E-state index contributed by atoms with van der Waals surface area (Å²) in [5, 5.41) is 2.56. The van der Waals surface area contributed by atoms with Crippen molar-refractivity contribution in [2.45, 2.75) is 24.2 Å². The number of hydrogen-bond donors (Lipinski definition) is 1. The molecule has 168 valence electrons. The molecule has 0 spiro atoms. The van der Waals surface area contributed by atoms with E-state index in [1.807, 2.05) is 0 Å². The summed E-state index contributed by atoms with van der Waals surface area (Å²) in [6.07, 6.45) is 2.61. The molecule has 0 atom stereocenters. The summed E-state index contributed by atoms with van der Waals surface area (Å²) in [6.45, 7) is 0.395. The van der Waals surface area contributed by atoms with E-state index in [-0.39, 0.29) is 16.3 Å². The van der Waals surface area contributed by atoms with Gasteiger partial charge in [-0.25, -0.2) is 13.2 Å². The van der Waals surface area contributed by atoms with Crippen LogP contribution in [0, 0.1) is 0 Å². The third-order valence-electron chi connectivity index (χ3n) is 4.56. The third-order valence-corrected chi connectivity index (χ3v) is 9.72. The highest BCUT2D eigenvalue weighted by atomic mass is 79.9. The molecule has 8 nitrogen and oxygen atoms in total. The zero-order chi connectivity index (χ0) is 22.6. The van der Waals surface area contributed by atoms with Gasteiger partial charge in [0.15, 0.2) is 6.61 Å². The number of ether oxygens (including phenoxy) is 2. The molecule has 12 heteroatoms. The van der Waals surface area contributed by atoms with Crippen LogP contribution in [0.5, 0.6) is 5.75 Å². The predicted octanol–water partition coefficient (Wildman–Crippen LogP) is 4.25. The first-order chi connectivity index (χ1) is 14.7. The molecule has 1 aromatic carbocycles. The van der Waals surface area contributed by atoms with Gasteiger partial charge in [0.2, 0.25) is 10.0 Å². The Morgan fingerprint density at radius 1 is 1.16 bits per heavy atom. The number of carbonyl (C=O) groups is 2. The maximum Gasteiger partial charge on any atom is 0.348 e. The SMILES string of the molecule is COc1ccc(NC(=O)COC(=O)c2cc(Br)c(Br)s2)cc1S(=O)(=O)N1CCCCC1. The number of anilines is 1. The van der Waals surface area contributed by atoms with Crippen LogP contribution in [0.15, 0.2) is 37.4 Å². The van der Waals surface area contributed by atoms with Gasteiger partial charge in [-0.05, 0) is 69.0 Å². The fourth-order valence-electron chi connectivity index (χ4n) is 3.05. The molecule has 1 aliphatic heterocycles. The van der Waals surface area contributed by atoms with Crippen LogP contribution in [0.2, 0.25) is 0 Å². The van der Waals surface area contributed by atoms with Gasteiger partial charge in [0, 0.05) is 23.2 Å². The summed E-state index contributed by atoms with van der Waals surface area (Å²) in [4.78, 5) is 24.6. The minimum Gasteiger partial charge on any atom is -0.495 e. The summed E-state index contributed by atoms with van der Waals surface area (Å²) in [5.41, 5.74) is 0.263. The van der Waals surface area contributed by atoms with Crippen molar-refractivity contribution in [3.63, 3.8) is 0 Å². The van der Waals surface area contributed by atoms with Crippen molar-refractivity contribution in [1.82, 2.24) is 4.31 Å². The van der Waals surface area contributed by atoms with E-state index in [4.69, 9.17) is 9.47 Å². The summed E-state index contributed by atoms with van der Waals surface area (Å²) in [7, 11) is -2.37. The van der Waals surface area contributed by atoms with Crippen LogP contribution in [0.1, 0.15) is 28.9 Å². The molecule has 1 fully saturated rings. The van der Waals surface area contributed by atoms with Crippen LogP contribution in [0.4, 0.5) is 5.69 Å². The molecule has 0 bridgehead atoms. The van der Waals surface area contributed by atoms with Gasteiger partial charge < -0.3 is 14.8 Å². The maximum absolute atomic E-state index is 13.1. The fourth-order valence-corrected chi connectivity index (χ4v) is 6.67. The summed E-state index contributed by atoms with van der Waals surface area (Å²) in [5.74, 6) is -1.02. The molecule has 0 radical (unpaired) electrons. The van der Waals surface area contributed by atoms with Crippen LogP contribution in [-0.2, 0) is 19.6 Å². The van der Waals surface area contributed by atoms with Crippen LogP contribution >= 0.6 is 43.2 Å². The lowest BCUT2D eigenvalue weighted by molar-refractivity contribution is -0.119. The molecule has 0 saturated carbocycles. The number of piperidine rings is 1. The average molecular weight is 596 g/mol. The van der Waals surface area contributed by atoms with E-state index < -0.39 is 28.5 Å². The van der Waals surface area contributed by atoms with Crippen molar-refractivity contribution in [1.29, 1.82) is 0 Å².